The molecule has 7 heteroatoms. The van der Waals surface area contributed by atoms with E-state index in [1.807, 2.05) is 19.1 Å². The number of anilines is 1. The van der Waals surface area contributed by atoms with Crippen molar-refractivity contribution < 1.29 is 8.42 Å². The van der Waals surface area contributed by atoms with E-state index in [0.29, 0.717) is 19.0 Å². The third-order valence-electron chi connectivity index (χ3n) is 3.31. The van der Waals surface area contributed by atoms with E-state index in [1.165, 1.54) is 6.26 Å². The molecule has 1 aliphatic rings. The summed E-state index contributed by atoms with van der Waals surface area (Å²) in [5.74, 6) is 1.18. The molecule has 2 heterocycles. The van der Waals surface area contributed by atoms with Gasteiger partial charge in [-0.1, -0.05) is 0 Å². The molecule has 5 nitrogen and oxygen atoms in total. The first-order valence-corrected chi connectivity index (χ1v) is 8.82. The van der Waals surface area contributed by atoms with Crippen LogP contribution in [-0.2, 0) is 10.0 Å². The summed E-state index contributed by atoms with van der Waals surface area (Å²) in [6.07, 6.45) is 2.16. The van der Waals surface area contributed by atoms with Crippen LogP contribution in [0.3, 0.4) is 0 Å². The van der Waals surface area contributed by atoms with Gasteiger partial charge < -0.3 is 5.32 Å². The van der Waals surface area contributed by atoms with E-state index in [4.69, 9.17) is 0 Å². The van der Waals surface area contributed by atoms with E-state index < -0.39 is 10.0 Å². The van der Waals surface area contributed by atoms with Gasteiger partial charge in [-0.15, -0.1) is 0 Å². The number of sulfonamides is 1. The summed E-state index contributed by atoms with van der Waals surface area (Å²) >= 11 is 3.41. The fraction of sp³-hybridized carbons (Fsp3) is 0.583. The van der Waals surface area contributed by atoms with Crippen molar-refractivity contribution in [2.24, 2.45) is 5.92 Å². The van der Waals surface area contributed by atoms with Gasteiger partial charge in [-0.2, -0.15) is 0 Å². The molecule has 0 amide bonds. The van der Waals surface area contributed by atoms with E-state index in [9.17, 15) is 8.42 Å². The summed E-state index contributed by atoms with van der Waals surface area (Å²) < 4.78 is 25.4. The highest BCUT2D eigenvalue weighted by molar-refractivity contribution is 9.10. The highest BCUT2D eigenvalue weighted by Crippen LogP contribution is 2.20. The zero-order valence-electron chi connectivity index (χ0n) is 11.1. The van der Waals surface area contributed by atoms with Gasteiger partial charge in [0.2, 0.25) is 10.0 Å². The molecule has 1 aromatic rings. The predicted molar refractivity (Wildman–Crippen MR) is 79.7 cm³/mol. The Kier molecular flexibility index (Phi) is 4.47. The highest BCUT2D eigenvalue weighted by Gasteiger charge is 2.28. The van der Waals surface area contributed by atoms with Gasteiger partial charge >= 0.3 is 0 Å². The number of aromatic nitrogens is 1. The third-order valence-corrected chi connectivity index (χ3v) is 5.42. The van der Waals surface area contributed by atoms with Crippen LogP contribution in [0.1, 0.15) is 12.1 Å². The summed E-state index contributed by atoms with van der Waals surface area (Å²) in [6, 6.07) is 3.88. The maximum atomic E-state index is 11.4. The quantitative estimate of drug-likeness (QED) is 0.902. The monoisotopic (exact) mass is 347 g/mol. The van der Waals surface area contributed by atoms with Crippen LogP contribution in [-0.4, -0.2) is 43.6 Å². The molecule has 0 aliphatic carbocycles. The third kappa shape index (κ3) is 3.90. The minimum atomic E-state index is -3.05. The molecule has 1 atom stereocenters. The van der Waals surface area contributed by atoms with Crippen LogP contribution in [0.2, 0.25) is 0 Å². The zero-order chi connectivity index (χ0) is 14.0. The molecule has 106 valence electrons. The minimum absolute atomic E-state index is 0.348. The predicted octanol–water partition coefficient (Wildman–Crippen LogP) is 1.85. The van der Waals surface area contributed by atoms with Crippen LogP contribution in [0.5, 0.6) is 0 Å². The van der Waals surface area contributed by atoms with E-state index >= 15 is 0 Å². The number of rotatable bonds is 4. The second-order valence-corrected chi connectivity index (χ2v) is 7.76. The molecule has 1 saturated heterocycles. The van der Waals surface area contributed by atoms with Crippen molar-refractivity contribution in [1.29, 1.82) is 0 Å². The van der Waals surface area contributed by atoms with Crippen molar-refractivity contribution in [1.82, 2.24) is 9.29 Å². The molecular weight excluding hydrogens is 330 g/mol. The lowest BCUT2D eigenvalue weighted by atomic mass is 10.1. The van der Waals surface area contributed by atoms with Crippen molar-refractivity contribution in [2.45, 2.75) is 13.3 Å². The second-order valence-electron chi connectivity index (χ2n) is 4.92. The van der Waals surface area contributed by atoms with Gasteiger partial charge in [0.05, 0.1) is 11.9 Å². The van der Waals surface area contributed by atoms with Crippen LogP contribution in [0, 0.1) is 12.8 Å². The Balaban J connectivity index is 1.88. The largest absolute Gasteiger partial charge is 0.370 e. The van der Waals surface area contributed by atoms with Crippen LogP contribution in [0.4, 0.5) is 5.82 Å². The summed E-state index contributed by atoms with van der Waals surface area (Å²) in [7, 11) is -3.05. The lowest BCUT2D eigenvalue weighted by Crippen LogP contribution is -2.28. The first-order chi connectivity index (χ1) is 8.86. The summed E-state index contributed by atoms with van der Waals surface area (Å²) in [4.78, 5) is 4.41. The Morgan fingerprint density at radius 2 is 2.26 bits per heavy atom. The number of nitrogens with one attached hydrogen (secondary N) is 1. The molecule has 19 heavy (non-hydrogen) atoms. The zero-order valence-corrected chi connectivity index (χ0v) is 13.5. The van der Waals surface area contributed by atoms with Crippen LogP contribution in [0.15, 0.2) is 16.6 Å². The first kappa shape index (κ1) is 14.7. The summed E-state index contributed by atoms with van der Waals surface area (Å²) in [6.45, 7) is 3.91. The van der Waals surface area contributed by atoms with Gasteiger partial charge in [0.15, 0.2) is 0 Å². The molecule has 2 rings (SSSR count). The minimum Gasteiger partial charge on any atom is -0.370 e. The van der Waals surface area contributed by atoms with E-state index in [1.54, 1.807) is 4.31 Å². The molecule has 1 N–H and O–H groups in total. The van der Waals surface area contributed by atoms with Crippen LogP contribution < -0.4 is 5.32 Å². The van der Waals surface area contributed by atoms with Crippen LogP contribution in [0.25, 0.3) is 0 Å². The van der Waals surface area contributed by atoms with Crippen molar-refractivity contribution in [3.63, 3.8) is 0 Å². The normalized spacial score (nSPS) is 20.7. The molecule has 1 fully saturated rings. The van der Waals surface area contributed by atoms with Gasteiger partial charge in [0.1, 0.15) is 5.82 Å². The maximum Gasteiger partial charge on any atom is 0.211 e. The Labute approximate surface area is 122 Å². The van der Waals surface area contributed by atoms with E-state index in [-0.39, 0.29) is 0 Å². The molecular formula is C12H18BrN3O2S. The molecule has 0 saturated carbocycles. The molecule has 0 radical (unpaired) electrons. The fourth-order valence-corrected chi connectivity index (χ4v) is 3.30. The molecule has 0 spiro atoms. The van der Waals surface area contributed by atoms with Gasteiger partial charge in [0, 0.05) is 24.1 Å². The van der Waals surface area contributed by atoms with Crippen molar-refractivity contribution in [3.8, 4) is 0 Å². The van der Waals surface area contributed by atoms with Crippen molar-refractivity contribution in [3.05, 3.63) is 22.3 Å². The Morgan fingerprint density at radius 1 is 1.53 bits per heavy atom. The summed E-state index contributed by atoms with van der Waals surface area (Å²) in [5, 5.41) is 3.27. The Morgan fingerprint density at radius 3 is 2.84 bits per heavy atom. The molecule has 0 bridgehead atoms. The van der Waals surface area contributed by atoms with Crippen molar-refractivity contribution >= 4 is 31.8 Å². The number of hydrogen-bond donors (Lipinski definition) is 1. The fourth-order valence-electron chi connectivity index (χ4n) is 2.16. The van der Waals surface area contributed by atoms with Gasteiger partial charge in [0.25, 0.3) is 0 Å². The SMILES string of the molecule is Cc1nc(NCC2CCN(S(C)(=O)=O)C2)ccc1Br. The topological polar surface area (TPSA) is 62.3 Å². The van der Waals surface area contributed by atoms with E-state index in [0.717, 1.165) is 29.0 Å². The van der Waals surface area contributed by atoms with Crippen LogP contribution >= 0.6 is 15.9 Å². The smallest absolute Gasteiger partial charge is 0.211 e. The van der Waals surface area contributed by atoms with Gasteiger partial charge in [-0.25, -0.2) is 17.7 Å². The number of aryl methyl sites for hydroxylation is 1. The number of nitrogens with zero attached hydrogens (tertiary/aromatic N) is 2. The summed E-state index contributed by atoms with van der Waals surface area (Å²) in [5.41, 5.74) is 0.939. The van der Waals surface area contributed by atoms with Gasteiger partial charge in [-0.3, -0.25) is 0 Å². The number of hydrogen-bond acceptors (Lipinski definition) is 4. The number of halogens is 1. The molecule has 0 aromatic carbocycles. The molecule has 1 unspecified atom stereocenters. The highest BCUT2D eigenvalue weighted by atomic mass is 79.9. The first-order valence-electron chi connectivity index (χ1n) is 6.18. The van der Waals surface area contributed by atoms with Gasteiger partial charge in [-0.05, 0) is 47.3 Å². The van der Waals surface area contributed by atoms with Crippen molar-refractivity contribution in [2.75, 3.05) is 31.2 Å². The van der Waals surface area contributed by atoms with E-state index in [2.05, 4.69) is 26.2 Å². The number of pyridine rings is 1. The Hall–Kier alpha value is -0.660. The molecule has 1 aromatic heterocycles. The lowest BCUT2D eigenvalue weighted by Gasteiger charge is -2.14. The average Bonchev–Trinajstić information content (AvgIpc) is 2.79. The maximum absolute atomic E-state index is 11.4. The average molecular weight is 348 g/mol. The standard InChI is InChI=1S/C12H18BrN3O2S/c1-9-11(13)3-4-12(15-9)14-7-10-5-6-16(8-10)19(2,17)18/h3-4,10H,5-8H2,1-2H3,(H,14,15). The lowest BCUT2D eigenvalue weighted by molar-refractivity contribution is 0.466. The molecule has 1 aliphatic heterocycles. The Bertz CT molecular complexity index is 562. The second kappa shape index (κ2) is 5.76.